The van der Waals surface area contributed by atoms with Crippen molar-refractivity contribution in [2.45, 2.75) is 6.54 Å². The molecule has 5 heteroatoms. The van der Waals surface area contributed by atoms with Crippen molar-refractivity contribution in [1.29, 1.82) is 0 Å². The molecule has 0 aliphatic heterocycles. The molecule has 0 unspecified atom stereocenters. The first-order valence-corrected chi connectivity index (χ1v) is 5.25. The van der Waals surface area contributed by atoms with Crippen LogP contribution in [0.4, 0.5) is 5.69 Å². The van der Waals surface area contributed by atoms with Crippen LogP contribution in [0.25, 0.3) is 6.20 Å². The monoisotopic (exact) mass is 230 g/mol. The van der Waals surface area contributed by atoms with Gasteiger partial charge in [0.2, 0.25) is 5.56 Å². The highest BCUT2D eigenvalue weighted by Gasteiger charge is 1.98. The first-order valence-electron chi connectivity index (χ1n) is 5.25. The molecule has 2 heterocycles. The van der Waals surface area contributed by atoms with Crippen LogP contribution in [0.3, 0.4) is 0 Å². The number of nitrogens with zero attached hydrogens (tertiary/aromatic N) is 3. The van der Waals surface area contributed by atoms with Crippen molar-refractivity contribution in [3.05, 3.63) is 53.2 Å². The molecular weight excluding hydrogens is 216 g/mol. The summed E-state index contributed by atoms with van der Waals surface area (Å²) >= 11 is 0. The Kier molecular flexibility index (Phi) is 3.09. The third kappa shape index (κ3) is 2.63. The van der Waals surface area contributed by atoms with Crippen LogP contribution < -0.4 is 10.9 Å². The molecule has 1 N–H and O–H groups in total. The van der Waals surface area contributed by atoms with Crippen LogP contribution in [-0.4, -0.2) is 14.3 Å². The fourth-order valence-electron chi connectivity index (χ4n) is 1.47. The predicted molar refractivity (Wildman–Crippen MR) is 67.6 cm³/mol. The van der Waals surface area contributed by atoms with E-state index in [1.165, 1.54) is 10.6 Å². The highest BCUT2D eigenvalue weighted by Crippen LogP contribution is 2.06. The number of nitrogens with one attached hydrogen (secondary N) is 1. The molecule has 5 nitrogen and oxygen atoms in total. The van der Waals surface area contributed by atoms with Crippen molar-refractivity contribution in [1.82, 2.24) is 14.3 Å². The van der Waals surface area contributed by atoms with Crippen molar-refractivity contribution in [2.75, 3.05) is 5.32 Å². The second kappa shape index (κ2) is 4.69. The lowest BCUT2D eigenvalue weighted by molar-refractivity contribution is 0.859. The van der Waals surface area contributed by atoms with Crippen molar-refractivity contribution >= 4 is 11.9 Å². The highest BCUT2D eigenvalue weighted by molar-refractivity contribution is 5.40. The molecule has 0 bridgehead atoms. The quantitative estimate of drug-likeness (QED) is 0.861. The number of rotatable bonds is 4. The molecule has 88 valence electrons. The first kappa shape index (κ1) is 11.2. The minimum absolute atomic E-state index is 0.0185. The standard InChI is InChI=1S/C12H14N4O/c1-3-16-8-10(7-14-16)6-13-11-4-5-12(17)15(2)9-11/h3-5,7-9,13H,1,6H2,2H3. The molecule has 0 fully saturated rings. The average Bonchev–Trinajstić information content (AvgIpc) is 2.79. The van der Waals surface area contributed by atoms with Crippen LogP contribution in [0.15, 0.2) is 42.1 Å². The van der Waals surface area contributed by atoms with E-state index in [2.05, 4.69) is 17.0 Å². The van der Waals surface area contributed by atoms with Gasteiger partial charge in [-0.1, -0.05) is 6.58 Å². The minimum Gasteiger partial charge on any atom is -0.380 e. The summed E-state index contributed by atoms with van der Waals surface area (Å²) in [6.45, 7) is 4.28. The van der Waals surface area contributed by atoms with Gasteiger partial charge in [-0.05, 0) is 6.07 Å². The molecule has 0 aromatic carbocycles. The Hall–Kier alpha value is -2.30. The van der Waals surface area contributed by atoms with E-state index in [9.17, 15) is 4.79 Å². The number of hydrogen-bond donors (Lipinski definition) is 1. The largest absolute Gasteiger partial charge is 0.380 e. The topological polar surface area (TPSA) is 51.9 Å². The molecule has 2 aromatic rings. The average molecular weight is 230 g/mol. The number of pyridine rings is 1. The van der Waals surface area contributed by atoms with Gasteiger partial charge < -0.3 is 9.88 Å². The molecule has 0 atom stereocenters. The van der Waals surface area contributed by atoms with Gasteiger partial charge in [0.25, 0.3) is 0 Å². The van der Waals surface area contributed by atoms with Gasteiger partial charge >= 0.3 is 0 Å². The normalized spacial score (nSPS) is 10.2. The molecule has 0 amide bonds. The Morgan fingerprint density at radius 1 is 1.47 bits per heavy atom. The van der Waals surface area contributed by atoms with Crippen LogP contribution >= 0.6 is 0 Å². The van der Waals surface area contributed by atoms with Gasteiger partial charge in [0.05, 0.1) is 11.9 Å². The molecule has 0 aliphatic rings. The molecule has 2 rings (SSSR count). The van der Waals surface area contributed by atoms with Crippen LogP contribution in [0.2, 0.25) is 0 Å². The lowest BCUT2D eigenvalue weighted by atomic mass is 10.3. The van der Waals surface area contributed by atoms with E-state index in [0.29, 0.717) is 6.54 Å². The zero-order chi connectivity index (χ0) is 12.3. The Balaban J connectivity index is 2.04. The van der Waals surface area contributed by atoms with Crippen molar-refractivity contribution in [3.63, 3.8) is 0 Å². The molecule has 0 spiro atoms. The van der Waals surface area contributed by atoms with E-state index in [0.717, 1.165) is 11.3 Å². The third-order valence-corrected chi connectivity index (χ3v) is 2.42. The maximum absolute atomic E-state index is 11.2. The molecule has 0 saturated heterocycles. The van der Waals surface area contributed by atoms with Gasteiger partial charge in [-0.2, -0.15) is 5.10 Å². The van der Waals surface area contributed by atoms with Gasteiger partial charge in [-0.15, -0.1) is 0 Å². The summed E-state index contributed by atoms with van der Waals surface area (Å²) in [5, 5.41) is 7.30. The lowest BCUT2D eigenvalue weighted by Crippen LogP contribution is -2.15. The van der Waals surface area contributed by atoms with Gasteiger partial charge in [0.1, 0.15) is 0 Å². The summed E-state index contributed by atoms with van der Waals surface area (Å²) in [6.07, 6.45) is 7.06. The number of hydrogen-bond acceptors (Lipinski definition) is 3. The maximum Gasteiger partial charge on any atom is 0.250 e. The zero-order valence-corrected chi connectivity index (χ0v) is 9.63. The van der Waals surface area contributed by atoms with Crippen LogP contribution in [-0.2, 0) is 13.6 Å². The summed E-state index contributed by atoms with van der Waals surface area (Å²) in [5.41, 5.74) is 1.94. The summed E-state index contributed by atoms with van der Waals surface area (Å²) in [4.78, 5) is 11.2. The summed E-state index contributed by atoms with van der Waals surface area (Å²) < 4.78 is 3.19. The van der Waals surface area contributed by atoms with Crippen LogP contribution in [0.5, 0.6) is 0 Å². The van der Waals surface area contributed by atoms with E-state index in [4.69, 9.17) is 0 Å². The molecule has 0 radical (unpaired) electrons. The SMILES string of the molecule is C=Cn1cc(CNc2ccc(=O)n(C)c2)cn1. The second-order valence-electron chi connectivity index (χ2n) is 3.73. The smallest absolute Gasteiger partial charge is 0.250 e. The maximum atomic E-state index is 11.2. The summed E-state index contributed by atoms with van der Waals surface area (Å²) in [5.74, 6) is 0. The second-order valence-corrected chi connectivity index (χ2v) is 3.73. The van der Waals surface area contributed by atoms with Gasteiger partial charge in [-0.25, -0.2) is 4.68 Å². The van der Waals surface area contributed by atoms with E-state index in [-0.39, 0.29) is 5.56 Å². The Morgan fingerprint density at radius 3 is 2.94 bits per heavy atom. The number of anilines is 1. The van der Waals surface area contributed by atoms with Crippen molar-refractivity contribution in [3.8, 4) is 0 Å². The van der Waals surface area contributed by atoms with E-state index in [1.54, 1.807) is 36.4 Å². The number of aromatic nitrogens is 3. The van der Waals surface area contributed by atoms with Crippen molar-refractivity contribution < 1.29 is 0 Å². The van der Waals surface area contributed by atoms with Gasteiger partial charge in [0, 0.05) is 43.8 Å². The molecular formula is C12H14N4O. The molecule has 2 aromatic heterocycles. The first-order chi connectivity index (χ1) is 8.19. The molecule has 17 heavy (non-hydrogen) atoms. The summed E-state index contributed by atoms with van der Waals surface area (Å²) in [6, 6.07) is 3.30. The molecule has 0 aliphatic carbocycles. The van der Waals surface area contributed by atoms with Gasteiger partial charge in [-0.3, -0.25) is 4.79 Å². The summed E-state index contributed by atoms with van der Waals surface area (Å²) in [7, 11) is 1.73. The Bertz CT molecular complexity index is 582. The third-order valence-electron chi connectivity index (χ3n) is 2.42. The van der Waals surface area contributed by atoms with Crippen molar-refractivity contribution in [2.24, 2.45) is 7.05 Å². The lowest BCUT2D eigenvalue weighted by Gasteiger charge is -2.05. The van der Waals surface area contributed by atoms with Gasteiger partial charge in [0.15, 0.2) is 0 Å². The van der Waals surface area contributed by atoms with Crippen LogP contribution in [0, 0.1) is 0 Å². The van der Waals surface area contributed by atoms with E-state index in [1.807, 2.05) is 6.20 Å². The zero-order valence-electron chi connectivity index (χ0n) is 9.63. The fraction of sp³-hybridized carbons (Fsp3) is 0.167. The Morgan fingerprint density at radius 2 is 2.29 bits per heavy atom. The highest BCUT2D eigenvalue weighted by atomic mass is 16.1. The Labute approximate surface area is 99.0 Å². The predicted octanol–water partition coefficient (Wildman–Crippen LogP) is 1.29. The fourth-order valence-corrected chi connectivity index (χ4v) is 1.47. The minimum atomic E-state index is -0.0185. The van der Waals surface area contributed by atoms with E-state index < -0.39 is 0 Å². The number of aryl methyl sites for hydroxylation is 1. The molecule has 0 saturated carbocycles. The van der Waals surface area contributed by atoms with E-state index >= 15 is 0 Å². The van der Waals surface area contributed by atoms with Crippen LogP contribution in [0.1, 0.15) is 5.56 Å².